The van der Waals surface area contributed by atoms with Crippen LogP contribution >= 0.6 is 11.6 Å². The Bertz CT molecular complexity index is 1450. The zero-order valence-corrected chi connectivity index (χ0v) is 25.6. The zero-order valence-electron chi connectivity index (χ0n) is 24.0. The monoisotopic (exact) mass is 616 g/mol. The fourth-order valence-corrected chi connectivity index (χ4v) is 8.26. The fraction of sp³-hybridized carbons (Fsp3) is 0.531. The van der Waals surface area contributed by atoms with Crippen LogP contribution in [0.5, 0.6) is 5.75 Å². The molecule has 1 heterocycles. The van der Waals surface area contributed by atoms with E-state index in [1.54, 1.807) is 24.3 Å². The number of primary sulfonamides is 1. The number of benzene rings is 2. The van der Waals surface area contributed by atoms with Gasteiger partial charge in [-0.25, -0.2) is 18.4 Å². The number of fused-ring (bicyclic) bond motifs is 3. The van der Waals surface area contributed by atoms with Crippen molar-refractivity contribution in [2.45, 2.75) is 63.4 Å². The highest BCUT2D eigenvalue weighted by molar-refractivity contribution is 7.89. The first-order chi connectivity index (χ1) is 20.0. The number of halogens is 1. The number of allylic oxidation sites excluding steroid dienone is 1. The van der Waals surface area contributed by atoms with Crippen LogP contribution in [0.25, 0.3) is 0 Å². The second kappa shape index (κ2) is 12.6. The molecule has 0 saturated heterocycles. The Morgan fingerprint density at radius 2 is 2.07 bits per heavy atom. The number of carbonyl (C=O) groups is 1. The summed E-state index contributed by atoms with van der Waals surface area (Å²) >= 11 is 6.36. The summed E-state index contributed by atoms with van der Waals surface area (Å²) in [5, 5.41) is 26.8. The van der Waals surface area contributed by atoms with Gasteiger partial charge in [-0.15, -0.1) is 0 Å². The van der Waals surface area contributed by atoms with E-state index in [9.17, 15) is 23.4 Å². The predicted molar refractivity (Wildman–Crippen MR) is 165 cm³/mol. The minimum atomic E-state index is -3.55. The number of hydrogen-bond donors (Lipinski definition) is 3. The van der Waals surface area contributed by atoms with E-state index in [0.29, 0.717) is 38.3 Å². The summed E-state index contributed by atoms with van der Waals surface area (Å²) in [6.07, 6.45) is 9.06. The molecular formula is C32H41ClN2O6S. The Morgan fingerprint density at radius 1 is 1.26 bits per heavy atom. The van der Waals surface area contributed by atoms with Crippen LogP contribution in [0.4, 0.5) is 5.69 Å². The quantitative estimate of drug-likeness (QED) is 0.314. The molecule has 2 aromatic carbocycles. The van der Waals surface area contributed by atoms with Crippen molar-refractivity contribution in [1.82, 2.24) is 0 Å². The molecule has 42 heavy (non-hydrogen) atoms. The van der Waals surface area contributed by atoms with Gasteiger partial charge in [0.1, 0.15) is 5.75 Å². The molecule has 5 atom stereocenters. The maximum atomic E-state index is 11.9. The van der Waals surface area contributed by atoms with Crippen LogP contribution in [0, 0.1) is 17.8 Å². The maximum Gasteiger partial charge on any atom is 0.335 e. The van der Waals surface area contributed by atoms with E-state index in [2.05, 4.69) is 17.0 Å². The molecule has 8 nitrogen and oxygen atoms in total. The lowest BCUT2D eigenvalue weighted by atomic mass is 9.68. The summed E-state index contributed by atoms with van der Waals surface area (Å²) in [6, 6.07) is 11.2. The molecule has 228 valence electrons. The average molecular weight is 617 g/mol. The molecule has 3 aliphatic rings. The van der Waals surface area contributed by atoms with Gasteiger partial charge in [-0.05, 0) is 97.7 Å². The van der Waals surface area contributed by atoms with E-state index in [0.717, 1.165) is 42.8 Å². The van der Waals surface area contributed by atoms with E-state index in [4.69, 9.17) is 21.5 Å². The van der Waals surface area contributed by atoms with Gasteiger partial charge in [0.15, 0.2) is 0 Å². The van der Waals surface area contributed by atoms with Crippen LogP contribution in [0.1, 0.15) is 66.9 Å². The van der Waals surface area contributed by atoms with Gasteiger partial charge in [0.05, 0.1) is 29.7 Å². The summed E-state index contributed by atoms with van der Waals surface area (Å²) in [7, 11) is -3.55. The number of anilines is 1. The number of sulfonamides is 1. The van der Waals surface area contributed by atoms with E-state index >= 15 is 0 Å². The first-order valence-electron chi connectivity index (χ1n) is 14.9. The Balaban J connectivity index is 1.38. The van der Waals surface area contributed by atoms with Crippen molar-refractivity contribution >= 4 is 33.3 Å². The number of aliphatic hydroxyl groups is 1. The second-order valence-corrected chi connectivity index (χ2v) is 14.4. The standard InChI is InChI=1S/C32H41ClN2O6S/c1-2-21(18-42(34,39)40)5-3-7-29(36)26-11-8-24(26)17-35-19-32(14-4-6-22-15-25(33)10-12-27(22)32)20-41-30-13-9-23(31(37)38)16-28(30)35/h3,7,9-10,12-13,15-16,21,24,26,29,36H,2,4-6,8,11,14,17-20H2,1H3,(H,37,38)(H2,34,39,40)/t21-,24+,26-,29+,32+/m1/s1. The van der Waals surface area contributed by atoms with Crippen LogP contribution in [0.2, 0.25) is 5.02 Å². The van der Waals surface area contributed by atoms with Crippen LogP contribution in [-0.2, 0) is 21.9 Å². The summed E-state index contributed by atoms with van der Waals surface area (Å²) in [5.74, 6) is -0.188. The summed E-state index contributed by atoms with van der Waals surface area (Å²) in [6.45, 7) is 3.78. The number of rotatable bonds is 10. The van der Waals surface area contributed by atoms with Gasteiger partial charge in [-0.2, -0.15) is 0 Å². The molecule has 2 aromatic rings. The van der Waals surface area contributed by atoms with E-state index in [1.165, 1.54) is 11.1 Å². The lowest BCUT2D eigenvalue weighted by Crippen LogP contribution is -2.49. The van der Waals surface area contributed by atoms with Gasteiger partial charge in [0, 0.05) is 23.5 Å². The number of aryl methyl sites for hydroxylation is 1. The van der Waals surface area contributed by atoms with Gasteiger partial charge < -0.3 is 19.8 Å². The van der Waals surface area contributed by atoms with Gasteiger partial charge in [0.2, 0.25) is 10.0 Å². The number of hydrogen-bond acceptors (Lipinski definition) is 6. The fourth-order valence-electron chi connectivity index (χ4n) is 7.04. The summed E-state index contributed by atoms with van der Waals surface area (Å²) in [5.41, 5.74) is 3.21. The topological polar surface area (TPSA) is 130 Å². The molecule has 4 N–H and O–H groups in total. The molecule has 1 saturated carbocycles. The van der Waals surface area contributed by atoms with E-state index in [1.807, 2.05) is 19.1 Å². The molecule has 0 aromatic heterocycles. The van der Waals surface area contributed by atoms with Gasteiger partial charge >= 0.3 is 5.97 Å². The highest BCUT2D eigenvalue weighted by Crippen LogP contribution is 2.46. The van der Waals surface area contributed by atoms with Crippen LogP contribution in [-0.4, -0.2) is 56.2 Å². The van der Waals surface area contributed by atoms with E-state index in [-0.39, 0.29) is 34.5 Å². The average Bonchev–Trinajstić information content (AvgIpc) is 3.06. The molecule has 10 heteroatoms. The third kappa shape index (κ3) is 6.80. The maximum absolute atomic E-state index is 11.9. The van der Waals surface area contributed by atoms with Crippen LogP contribution in [0.3, 0.4) is 0 Å². The van der Waals surface area contributed by atoms with E-state index < -0.39 is 22.1 Å². The molecule has 2 aliphatic carbocycles. The third-order valence-corrected chi connectivity index (χ3v) is 10.7. The number of carboxylic acid groups (broad SMARTS) is 1. The Labute approximate surface area is 253 Å². The minimum Gasteiger partial charge on any atom is -0.490 e. The van der Waals surface area contributed by atoms with Gasteiger partial charge in [-0.3, -0.25) is 0 Å². The lowest BCUT2D eigenvalue weighted by molar-refractivity contribution is 0.0456. The highest BCUT2D eigenvalue weighted by atomic mass is 35.5. The molecule has 1 spiro atoms. The number of aromatic carboxylic acids is 1. The molecule has 0 amide bonds. The molecule has 1 aliphatic heterocycles. The molecular weight excluding hydrogens is 576 g/mol. The Morgan fingerprint density at radius 3 is 2.76 bits per heavy atom. The number of nitrogens with two attached hydrogens (primary N) is 1. The summed E-state index contributed by atoms with van der Waals surface area (Å²) < 4.78 is 29.5. The van der Waals surface area contributed by atoms with Crippen molar-refractivity contribution in [2.24, 2.45) is 22.9 Å². The normalized spacial score (nSPS) is 25.2. The third-order valence-electron chi connectivity index (χ3n) is 9.50. The highest BCUT2D eigenvalue weighted by Gasteiger charge is 2.44. The minimum absolute atomic E-state index is 0.0586. The van der Waals surface area contributed by atoms with Crippen LogP contribution in [0.15, 0.2) is 48.6 Å². The molecule has 5 rings (SSSR count). The number of aliphatic hydroxyl groups excluding tert-OH is 1. The molecule has 0 radical (unpaired) electrons. The van der Waals surface area contributed by atoms with Crippen molar-refractivity contribution in [1.29, 1.82) is 0 Å². The zero-order chi connectivity index (χ0) is 30.1. The van der Waals surface area contributed by atoms with Crippen molar-refractivity contribution in [2.75, 3.05) is 30.3 Å². The van der Waals surface area contributed by atoms with Crippen LogP contribution < -0.4 is 14.8 Å². The number of nitrogens with zero attached hydrogens (tertiary/aromatic N) is 1. The molecule has 0 bridgehead atoms. The Kier molecular flexibility index (Phi) is 9.23. The summed E-state index contributed by atoms with van der Waals surface area (Å²) in [4.78, 5) is 14.2. The van der Waals surface area contributed by atoms with Crippen molar-refractivity contribution < 1.29 is 28.2 Å². The largest absolute Gasteiger partial charge is 0.490 e. The van der Waals surface area contributed by atoms with Crippen molar-refractivity contribution in [3.8, 4) is 5.75 Å². The first-order valence-corrected chi connectivity index (χ1v) is 17.0. The van der Waals surface area contributed by atoms with Gasteiger partial charge in [0.25, 0.3) is 0 Å². The molecule has 0 unspecified atom stereocenters. The smallest absolute Gasteiger partial charge is 0.335 e. The first kappa shape index (κ1) is 30.9. The second-order valence-electron chi connectivity index (χ2n) is 12.4. The van der Waals surface area contributed by atoms with Crippen molar-refractivity contribution in [3.05, 3.63) is 70.3 Å². The number of ether oxygens (including phenoxy) is 1. The van der Waals surface area contributed by atoms with Gasteiger partial charge in [-0.1, -0.05) is 43.2 Å². The van der Waals surface area contributed by atoms with Crippen molar-refractivity contribution in [3.63, 3.8) is 0 Å². The lowest BCUT2D eigenvalue weighted by Gasteiger charge is -2.45. The molecule has 1 fully saturated rings. The predicted octanol–water partition coefficient (Wildman–Crippen LogP) is 5.16. The number of carboxylic acids is 1. The SMILES string of the molecule is CC[C@H](CC=C[C@H](O)[C@@H]1CC[C@H]1CN1C[C@@]2(CCCc3cc(Cl)ccc32)COc2ccc(C(=O)O)cc21)CS(N)(=O)=O. The Hall–Kier alpha value is -2.59.